The summed E-state index contributed by atoms with van der Waals surface area (Å²) in [6.07, 6.45) is 5.20. The van der Waals surface area contributed by atoms with Crippen molar-refractivity contribution in [2.75, 3.05) is 67.5 Å². The highest BCUT2D eigenvalue weighted by Crippen LogP contribution is 2.24. The Balaban J connectivity index is 1.19. The quantitative estimate of drug-likeness (QED) is 0.312. The fourth-order valence-corrected chi connectivity index (χ4v) is 5.06. The number of amides is 1. The Labute approximate surface area is 227 Å². The van der Waals surface area contributed by atoms with Crippen LogP contribution in [0.15, 0.2) is 61.1 Å². The van der Waals surface area contributed by atoms with Gasteiger partial charge in [0.05, 0.1) is 12.9 Å². The van der Waals surface area contributed by atoms with Crippen LogP contribution in [0.5, 0.6) is 5.75 Å². The summed E-state index contributed by atoms with van der Waals surface area (Å²) in [5.74, 6) is 3.41. The summed E-state index contributed by atoms with van der Waals surface area (Å²) in [7, 11) is 0. The summed E-state index contributed by atoms with van der Waals surface area (Å²) in [5, 5.41) is 3.43. The van der Waals surface area contributed by atoms with Crippen LogP contribution in [0.25, 0.3) is 11.2 Å². The largest absolute Gasteiger partial charge is 0.492 e. The first-order chi connectivity index (χ1) is 19.2. The molecule has 1 N–H and O–H groups in total. The number of likely N-dealkylation sites (tertiary alicyclic amines) is 1. The minimum Gasteiger partial charge on any atom is -0.492 e. The van der Waals surface area contributed by atoms with E-state index in [1.807, 2.05) is 64.2 Å². The molecule has 1 amide bonds. The molecule has 1 aromatic carbocycles. The molecule has 202 valence electrons. The number of fused-ring (bicyclic) bond motifs is 1. The van der Waals surface area contributed by atoms with Crippen molar-refractivity contribution in [2.24, 2.45) is 0 Å². The first kappa shape index (κ1) is 24.9. The highest BCUT2D eigenvalue weighted by molar-refractivity contribution is 5.84. The second-order valence-corrected chi connectivity index (χ2v) is 9.72. The molecule has 0 bridgehead atoms. The Morgan fingerprint density at radius 2 is 1.69 bits per heavy atom. The van der Waals surface area contributed by atoms with E-state index in [0.29, 0.717) is 44.4 Å². The SMILES string of the molecule is O=C1CCCN1CCn1cnc2c(NCCOc3ccccc3)nc(N3CCN(c4ccccn4)CC3)nc21. The van der Waals surface area contributed by atoms with Crippen LogP contribution < -0.4 is 19.9 Å². The van der Waals surface area contributed by atoms with Crippen molar-refractivity contribution in [3.63, 3.8) is 0 Å². The van der Waals surface area contributed by atoms with Gasteiger partial charge < -0.3 is 29.3 Å². The third-order valence-corrected chi connectivity index (χ3v) is 7.18. The van der Waals surface area contributed by atoms with E-state index in [2.05, 4.69) is 25.1 Å². The van der Waals surface area contributed by atoms with Crippen LogP contribution in [0.1, 0.15) is 12.8 Å². The lowest BCUT2D eigenvalue weighted by molar-refractivity contribution is -0.127. The van der Waals surface area contributed by atoms with Crippen LogP contribution in [0.2, 0.25) is 0 Å². The van der Waals surface area contributed by atoms with E-state index in [0.717, 1.165) is 61.9 Å². The number of carbonyl (C=O) groups excluding carboxylic acids is 1. The first-order valence-corrected chi connectivity index (χ1v) is 13.6. The zero-order chi connectivity index (χ0) is 26.4. The third-order valence-electron chi connectivity index (χ3n) is 7.18. The zero-order valence-corrected chi connectivity index (χ0v) is 21.9. The summed E-state index contributed by atoms with van der Waals surface area (Å²) < 4.78 is 7.89. The van der Waals surface area contributed by atoms with Gasteiger partial charge in [-0.2, -0.15) is 9.97 Å². The summed E-state index contributed by atoms with van der Waals surface area (Å²) in [5.41, 5.74) is 1.49. The maximum absolute atomic E-state index is 12.1. The van der Waals surface area contributed by atoms with Gasteiger partial charge in [0.2, 0.25) is 11.9 Å². The molecule has 11 heteroatoms. The molecule has 0 saturated carbocycles. The van der Waals surface area contributed by atoms with E-state index < -0.39 is 0 Å². The number of nitrogens with one attached hydrogen (secondary N) is 1. The number of para-hydroxylation sites is 1. The molecule has 39 heavy (non-hydrogen) atoms. The molecule has 0 unspecified atom stereocenters. The van der Waals surface area contributed by atoms with Gasteiger partial charge in [0.1, 0.15) is 18.2 Å². The van der Waals surface area contributed by atoms with Crippen molar-refractivity contribution in [3.05, 3.63) is 61.1 Å². The van der Waals surface area contributed by atoms with Crippen LogP contribution in [-0.2, 0) is 11.3 Å². The number of benzene rings is 1. The molecular weight excluding hydrogens is 494 g/mol. The minimum absolute atomic E-state index is 0.223. The van der Waals surface area contributed by atoms with Crippen molar-refractivity contribution in [1.29, 1.82) is 0 Å². The molecule has 2 fully saturated rings. The van der Waals surface area contributed by atoms with Crippen molar-refractivity contribution < 1.29 is 9.53 Å². The van der Waals surface area contributed by atoms with Gasteiger partial charge >= 0.3 is 0 Å². The van der Waals surface area contributed by atoms with Crippen LogP contribution >= 0.6 is 0 Å². The van der Waals surface area contributed by atoms with Crippen LogP contribution in [-0.4, -0.2) is 87.7 Å². The average molecular weight is 528 g/mol. The number of hydrogen-bond acceptors (Lipinski definition) is 9. The number of piperazine rings is 1. The van der Waals surface area contributed by atoms with Crippen LogP contribution in [0, 0.1) is 0 Å². The van der Waals surface area contributed by atoms with Gasteiger partial charge in [-0.05, 0) is 30.7 Å². The summed E-state index contributed by atoms with van der Waals surface area (Å²) in [6.45, 7) is 6.42. The van der Waals surface area contributed by atoms with Crippen molar-refractivity contribution in [2.45, 2.75) is 19.4 Å². The number of anilines is 3. The first-order valence-electron chi connectivity index (χ1n) is 13.6. The molecule has 4 aromatic rings. The van der Waals surface area contributed by atoms with E-state index in [1.165, 1.54) is 0 Å². The Bertz CT molecular complexity index is 1390. The number of aromatic nitrogens is 5. The molecule has 0 radical (unpaired) electrons. The molecule has 0 atom stereocenters. The number of imidazole rings is 1. The zero-order valence-electron chi connectivity index (χ0n) is 21.9. The summed E-state index contributed by atoms with van der Waals surface area (Å²) >= 11 is 0. The van der Waals surface area contributed by atoms with Gasteiger partial charge in [0.15, 0.2) is 17.0 Å². The molecule has 0 aliphatic carbocycles. The number of carbonyl (C=O) groups is 1. The molecule has 11 nitrogen and oxygen atoms in total. The Morgan fingerprint density at radius 3 is 2.46 bits per heavy atom. The highest BCUT2D eigenvalue weighted by Gasteiger charge is 2.24. The molecule has 2 aliphatic heterocycles. The maximum Gasteiger partial charge on any atom is 0.229 e. The van der Waals surface area contributed by atoms with Crippen LogP contribution in [0.4, 0.5) is 17.6 Å². The fourth-order valence-electron chi connectivity index (χ4n) is 5.06. The van der Waals surface area contributed by atoms with Gasteiger partial charge in [-0.25, -0.2) is 9.97 Å². The maximum atomic E-state index is 12.1. The van der Waals surface area contributed by atoms with Crippen LogP contribution in [0.3, 0.4) is 0 Å². The molecule has 2 aliphatic rings. The van der Waals surface area contributed by atoms with Gasteiger partial charge in [-0.3, -0.25) is 4.79 Å². The van der Waals surface area contributed by atoms with E-state index >= 15 is 0 Å². The molecule has 0 spiro atoms. The number of nitrogens with zero attached hydrogens (tertiary/aromatic N) is 8. The molecule has 6 rings (SSSR count). The predicted molar refractivity (Wildman–Crippen MR) is 150 cm³/mol. The Kier molecular flexibility index (Phi) is 7.37. The molecule has 3 aromatic heterocycles. The summed E-state index contributed by atoms with van der Waals surface area (Å²) in [4.78, 5) is 37.6. The van der Waals surface area contributed by atoms with Gasteiger partial charge in [-0.15, -0.1) is 0 Å². The lowest BCUT2D eigenvalue weighted by atomic mass is 10.3. The molecule has 5 heterocycles. The van der Waals surface area contributed by atoms with Gasteiger partial charge in [0.25, 0.3) is 0 Å². The molecule has 2 saturated heterocycles. The topological polar surface area (TPSA) is 105 Å². The number of rotatable bonds is 10. The van der Waals surface area contributed by atoms with Crippen molar-refractivity contribution in [3.8, 4) is 5.75 Å². The fraction of sp³-hybridized carbons (Fsp3) is 0.393. The summed E-state index contributed by atoms with van der Waals surface area (Å²) in [6, 6.07) is 15.8. The highest BCUT2D eigenvalue weighted by atomic mass is 16.5. The monoisotopic (exact) mass is 527 g/mol. The second kappa shape index (κ2) is 11.5. The Morgan fingerprint density at radius 1 is 0.872 bits per heavy atom. The number of ether oxygens (including phenoxy) is 1. The standard InChI is InChI=1S/C28H33N9O2/c38-24-10-6-13-35(24)16-19-37-21-31-25-26(30-12-20-39-22-7-2-1-3-8-22)32-28(33-27(25)37)36-17-14-34(15-18-36)23-9-4-5-11-29-23/h1-5,7-9,11,21H,6,10,12-20H2,(H,30,32,33). The molecular formula is C28H33N9O2. The average Bonchev–Trinajstić information content (AvgIpc) is 3.60. The van der Waals surface area contributed by atoms with Crippen molar-refractivity contribution >= 4 is 34.7 Å². The lowest BCUT2D eigenvalue weighted by Gasteiger charge is -2.35. The van der Waals surface area contributed by atoms with E-state index in [1.54, 1.807) is 6.33 Å². The minimum atomic E-state index is 0.223. The van der Waals surface area contributed by atoms with Gasteiger partial charge in [0, 0.05) is 58.4 Å². The normalized spacial score (nSPS) is 15.8. The second-order valence-electron chi connectivity index (χ2n) is 9.72. The van der Waals surface area contributed by atoms with E-state index in [9.17, 15) is 4.79 Å². The smallest absolute Gasteiger partial charge is 0.229 e. The van der Waals surface area contributed by atoms with E-state index in [4.69, 9.17) is 14.7 Å². The van der Waals surface area contributed by atoms with Gasteiger partial charge in [-0.1, -0.05) is 24.3 Å². The lowest BCUT2D eigenvalue weighted by Crippen LogP contribution is -2.47. The number of pyridine rings is 1. The third kappa shape index (κ3) is 5.71. The predicted octanol–water partition coefficient (Wildman–Crippen LogP) is 2.66. The Hall–Kier alpha value is -4.41. The number of hydrogen-bond donors (Lipinski definition) is 1. The van der Waals surface area contributed by atoms with E-state index in [-0.39, 0.29) is 5.91 Å². The van der Waals surface area contributed by atoms with Crippen molar-refractivity contribution in [1.82, 2.24) is 29.4 Å².